The zero-order valence-corrected chi connectivity index (χ0v) is 20.2. The number of benzene rings is 3. The normalized spacial score (nSPS) is 15.5. The highest BCUT2D eigenvalue weighted by molar-refractivity contribution is 6.18. The number of nitrogens with zero attached hydrogens (tertiary/aromatic N) is 4. The van der Waals surface area contributed by atoms with E-state index in [-0.39, 0.29) is 12.5 Å². The van der Waals surface area contributed by atoms with E-state index in [9.17, 15) is 19.2 Å². The number of imide groups is 1. The Kier molecular flexibility index (Phi) is 6.85. The third-order valence-electron chi connectivity index (χ3n) is 6.42. The summed E-state index contributed by atoms with van der Waals surface area (Å²) in [6, 6.07) is 23.3. The third-order valence-corrected chi connectivity index (χ3v) is 6.42. The van der Waals surface area contributed by atoms with Gasteiger partial charge in [0.05, 0.1) is 17.1 Å². The van der Waals surface area contributed by atoms with Gasteiger partial charge >= 0.3 is 12.1 Å². The van der Waals surface area contributed by atoms with Crippen LogP contribution in [0, 0.1) is 0 Å². The topological polar surface area (TPSA) is 93.3 Å². The Bertz CT molecular complexity index is 1310. The van der Waals surface area contributed by atoms with Gasteiger partial charge in [-0.3, -0.25) is 19.4 Å². The van der Waals surface area contributed by atoms with Crippen LogP contribution >= 0.6 is 0 Å². The van der Waals surface area contributed by atoms with E-state index >= 15 is 0 Å². The number of fused-ring (bicyclic) bond motifs is 1. The summed E-state index contributed by atoms with van der Waals surface area (Å²) < 4.78 is 0. The molecule has 0 saturated carbocycles. The monoisotopic (exact) mass is 497 g/mol. The molecule has 0 aromatic heterocycles. The summed E-state index contributed by atoms with van der Waals surface area (Å²) in [5.74, 6) is -0.729. The first kappa shape index (κ1) is 24.1. The van der Waals surface area contributed by atoms with E-state index in [4.69, 9.17) is 0 Å². The van der Waals surface area contributed by atoms with E-state index in [2.05, 4.69) is 5.32 Å². The Morgan fingerprint density at radius 1 is 0.676 bits per heavy atom. The standard InChI is InChI=1S/C28H27N5O4/c34-25(29-21-11-3-1-4-12-21)19-32-27(36)31(20-26(35)30-17-9-10-18-30)23-15-7-8-16-24(23)33(28(32)37)22-13-5-2-6-14-22/h1-8,11-16H,9-10,17-20H2,(H,29,34). The predicted octanol–water partition coefficient (Wildman–Crippen LogP) is 4.45. The lowest BCUT2D eigenvalue weighted by Crippen LogP contribution is -2.52. The first-order valence-electron chi connectivity index (χ1n) is 12.2. The van der Waals surface area contributed by atoms with Gasteiger partial charge in [-0.05, 0) is 49.2 Å². The number of rotatable bonds is 6. The second-order valence-electron chi connectivity index (χ2n) is 8.90. The van der Waals surface area contributed by atoms with E-state index < -0.39 is 24.5 Å². The van der Waals surface area contributed by atoms with E-state index in [0.717, 1.165) is 17.7 Å². The molecular weight excluding hydrogens is 470 g/mol. The van der Waals surface area contributed by atoms with Crippen molar-refractivity contribution in [2.75, 3.05) is 41.3 Å². The van der Waals surface area contributed by atoms with E-state index in [1.165, 1.54) is 9.80 Å². The SMILES string of the molecule is O=C(CN1C(=O)N(CC(=O)N2CCCC2)c2ccccc2N(c2ccccc2)C1=O)Nc1ccccc1. The Hall–Kier alpha value is -4.66. The average Bonchev–Trinajstić information content (AvgIpc) is 3.45. The lowest BCUT2D eigenvalue weighted by atomic mass is 10.2. The second kappa shape index (κ2) is 10.5. The Morgan fingerprint density at radius 2 is 1.27 bits per heavy atom. The fourth-order valence-electron chi connectivity index (χ4n) is 4.62. The zero-order chi connectivity index (χ0) is 25.8. The third kappa shape index (κ3) is 5.02. The van der Waals surface area contributed by atoms with Crippen LogP contribution < -0.4 is 15.1 Å². The fraction of sp³-hybridized carbons (Fsp3) is 0.214. The molecule has 1 fully saturated rings. The molecule has 0 atom stereocenters. The molecule has 9 nitrogen and oxygen atoms in total. The molecule has 9 heteroatoms. The summed E-state index contributed by atoms with van der Waals surface area (Å²) in [6.45, 7) is 0.530. The van der Waals surface area contributed by atoms with Crippen LogP contribution in [0.2, 0.25) is 0 Å². The number of para-hydroxylation sites is 4. The van der Waals surface area contributed by atoms with Crippen molar-refractivity contribution >= 4 is 46.6 Å². The highest BCUT2D eigenvalue weighted by atomic mass is 16.2. The molecule has 0 unspecified atom stereocenters. The molecule has 37 heavy (non-hydrogen) atoms. The predicted molar refractivity (Wildman–Crippen MR) is 141 cm³/mol. The van der Waals surface area contributed by atoms with Crippen molar-refractivity contribution in [3.63, 3.8) is 0 Å². The lowest BCUT2D eigenvalue weighted by molar-refractivity contribution is -0.128. The maximum Gasteiger partial charge on any atom is 0.337 e. The van der Waals surface area contributed by atoms with Gasteiger partial charge in [-0.1, -0.05) is 48.5 Å². The van der Waals surface area contributed by atoms with Crippen LogP contribution in [-0.4, -0.2) is 59.9 Å². The highest BCUT2D eigenvalue weighted by Gasteiger charge is 2.40. The van der Waals surface area contributed by atoms with Gasteiger partial charge in [0.1, 0.15) is 13.1 Å². The van der Waals surface area contributed by atoms with Crippen molar-refractivity contribution in [1.29, 1.82) is 0 Å². The number of urea groups is 2. The summed E-state index contributed by atoms with van der Waals surface area (Å²) in [4.78, 5) is 59.2. The summed E-state index contributed by atoms with van der Waals surface area (Å²) in [6.07, 6.45) is 1.84. The van der Waals surface area contributed by atoms with Gasteiger partial charge in [-0.25, -0.2) is 14.5 Å². The van der Waals surface area contributed by atoms with Crippen molar-refractivity contribution < 1.29 is 19.2 Å². The molecule has 2 aliphatic rings. The maximum absolute atomic E-state index is 13.9. The molecule has 0 radical (unpaired) electrons. The van der Waals surface area contributed by atoms with E-state index in [1.54, 1.807) is 77.7 Å². The van der Waals surface area contributed by atoms with Crippen molar-refractivity contribution in [1.82, 2.24) is 9.80 Å². The molecule has 5 rings (SSSR count). The summed E-state index contributed by atoms with van der Waals surface area (Å²) in [5, 5.41) is 2.73. The fourth-order valence-corrected chi connectivity index (χ4v) is 4.62. The van der Waals surface area contributed by atoms with Crippen LogP contribution in [0.1, 0.15) is 12.8 Å². The van der Waals surface area contributed by atoms with Gasteiger partial charge in [-0.15, -0.1) is 0 Å². The van der Waals surface area contributed by atoms with Gasteiger partial charge in [0.15, 0.2) is 0 Å². The number of hydrogen-bond donors (Lipinski definition) is 1. The van der Waals surface area contributed by atoms with Gasteiger partial charge in [0.2, 0.25) is 11.8 Å². The molecule has 2 aliphatic heterocycles. The van der Waals surface area contributed by atoms with Gasteiger partial charge < -0.3 is 10.2 Å². The van der Waals surface area contributed by atoms with Gasteiger partial charge in [0.25, 0.3) is 0 Å². The minimum Gasteiger partial charge on any atom is -0.341 e. The molecule has 1 saturated heterocycles. The first-order chi connectivity index (χ1) is 18.0. The zero-order valence-electron chi connectivity index (χ0n) is 20.2. The molecule has 188 valence electrons. The number of hydrogen-bond acceptors (Lipinski definition) is 4. The number of anilines is 4. The molecular formula is C28H27N5O4. The largest absolute Gasteiger partial charge is 0.341 e. The Labute approximate surface area is 214 Å². The maximum atomic E-state index is 13.9. The van der Waals surface area contributed by atoms with Crippen molar-refractivity contribution in [3.8, 4) is 0 Å². The van der Waals surface area contributed by atoms with E-state index in [1.807, 2.05) is 12.1 Å². The minimum absolute atomic E-state index is 0.199. The summed E-state index contributed by atoms with van der Waals surface area (Å²) >= 11 is 0. The molecule has 3 aromatic carbocycles. The summed E-state index contributed by atoms with van der Waals surface area (Å²) in [5.41, 5.74) is 1.95. The molecule has 6 amide bonds. The Morgan fingerprint density at radius 3 is 1.95 bits per heavy atom. The van der Waals surface area contributed by atoms with Crippen molar-refractivity contribution in [2.24, 2.45) is 0 Å². The van der Waals surface area contributed by atoms with Gasteiger partial charge in [0, 0.05) is 18.8 Å². The molecule has 1 N–H and O–H groups in total. The van der Waals surface area contributed by atoms with Crippen LogP contribution in [-0.2, 0) is 9.59 Å². The number of nitrogens with one attached hydrogen (secondary N) is 1. The summed E-state index contributed by atoms with van der Waals surface area (Å²) in [7, 11) is 0. The Balaban J connectivity index is 1.53. The smallest absolute Gasteiger partial charge is 0.337 e. The van der Waals surface area contributed by atoms with Crippen molar-refractivity contribution in [3.05, 3.63) is 84.9 Å². The number of likely N-dealkylation sites (tertiary alicyclic amines) is 1. The minimum atomic E-state index is -0.730. The van der Waals surface area contributed by atoms with Crippen LogP contribution in [0.25, 0.3) is 0 Å². The van der Waals surface area contributed by atoms with Crippen LogP contribution in [0.15, 0.2) is 84.9 Å². The lowest BCUT2D eigenvalue weighted by Gasteiger charge is -2.27. The molecule has 2 heterocycles. The molecule has 0 spiro atoms. The number of carbonyl (C=O) groups is 4. The number of carbonyl (C=O) groups excluding carboxylic acids is 4. The average molecular weight is 498 g/mol. The molecule has 0 bridgehead atoms. The second-order valence-corrected chi connectivity index (χ2v) is 8.90. The highest BCUT2D eigenvalue weighted by Crippen LogP contribution is 2.38. The van der Waals surface area contributed by atoms with Crippen LogP contribution in [0.4, 0.5) is 32.3 Å². The molecule has 0 aliphatic carbocycles. The van der Waals surface area contributed by atoms with Gasteiger partial charge in [-0.2, -0.15) is 0 Å². The van der Waals surface area contributed by atoms with Crippen LogP contribution in [0.3, 0.4) is 0 Å². The van der Waals surface area contributed by atoms with E-state index in [0.29, 0.717) is 35.8 Å². The number of amides is 6. The van der Waals surface area contributed by atoms with Crippen molar-refractivity contribution in [2.45, 2.75) is 12.8 Å². The van der Waals surface area contributed by atoms with Crippen LogP contribution in [0.5, 0.6) is 0 Å². The quantitative estimate of drug-likeness (QED) is 0.545. The first-order valence-corrected chi connectivity index (χ1v) is 12.2. The molecule has 3 aromatic rings.